The highest BCUT2D eigenvalue weighted by Gasteiger charge is 2.09. The third kappa shape index (κ3) is 1.98. The number of anilines is 1. The van der Waals surface area contributed by atoms with Gasteiger partial charge in [-0.1, -0.05) is 11.6 Å². The summed E-state index contributed by atoms with van der Waals surface area (Å²) in [5.41, 5.74) is 5.66. The molecule has 1 aromatic carbocycles. The number of rotatable bonds is 2. The summed E-state index contributed by atoms with van der Waals surface area (Å²) in [6.07, 6.45) is 3.35. The Morgan fingerprint density at radius 1 is 1.32 bits per heavy atom. The summed E-state index contributed by atoms with van der Waals surface area (Å²) in [4.78, 5) is 4.33. The van der Waals surface area contributed by atoms with E-state index in [0.29, 0.717) is 10.8 Å². The second kappa shape index (κ2) is 4.44. The van der Waals surface area contributed by atoms with Crippen molar-refractivity contribution in [3.05, 3.63) is 41.7 Å². The highest BCUT2D eigenvalue weighted by atomic mass is 35.5. The van der Waals surface area contributed by atoms with Crippen molar-refractivity contribution in [3.8, 4) is 11.6 Å². The molecule has 0 unspecified atom stereocenters. The van der Waals surface area contributed by atoms with Gasteiger partial charge in [0.05, 0.1) is 13.3 Å². The maximum Gasteiger partial charge on any atom is 0.164 e. The summed E-state index contributed by atoms with van der Waals surface area (Å²) in [6.45, 7) is 0. The largest absolute Gasteiger partial charge is 0.497 e. The van der Waals surface area contributed by atoms with Crippen molar-refractivity contribution in [2.24, 2.45) is 0 Å². The number of ether oxygens (including phenoxy) is 1. The summed E-state index contributed by atoms with van der Waals surface area (Å²) in [6, 6.07) is 7.66. The van der Waals surface area contributed by atoms with E-state index in [-0.39, 0.29) is 5.82 Å². The van der Waals surface area contributed by atoms with Crippen LogP contribution in [-0.4, -0.2) is 21.9 Å². The van der Waals surface area contributed by atoms with E-state index >= 15 is 0 Å². The molecule has 0 saturated carbocycles. The van der Waals surface area contributed by atoms with Gasteiger partial charge in [-0.15, -0.1) is 5.10 Å². The predicted molar refractivity (Wildman–Crippen MR) is 74.8 cm³/mol. The van der Waals surface area contributed by atoms with Gasteiger partial charge in [0.25, 0.3) is 0 Å². The quantitative estimate of drug-likeness (QED) is 0.780. The van der Waals surface area contributed by atoms with Crippen molar-refractivity contribution >= 4 is 28.2 Å². The Morgan fingerprint density at radius 2 is 2.16 bits per heavy atom. The average Bonchev–Trinajstić information content (AvgIpc) is 2.77. The Labute approximate surface area is 114 Å². The molecule has 0 aliphatic heterocycles. The molecule has 96 valence electrons. The molecule has 0 aliphatic carbocycles. The SMILES string of the molecule is COc1ccc2c(-n3cc(Cl)c(N)n3)nccc2c1. The third-order valence-corrected chi connectivity index (χ3v) is 3.15. The van der Waals surface area contributed by atoms with Gasteiger partial charge in [0.15, 0.2) is 11.6 Å². The minimum Gasteiger partial charge on any atom is -0.497 e. The number of pyridine rings is 1. The molecule has 2 aromatic heterocycles. The lowest BCUT2D eigenvalue weighted by atomic mass is 10.1. The topological polar surface area (TPSA) is 66.0 Å². The van der Waals surface area contributed by atoms with Crippen LogP contribution >= 0.6 is 11.6 Å². The van der Waals surface area contributed by atoms with E-state index in [1.807, 2.05) is 24.3 Å². The number of aromatic nitrogens is 3. The first kappa shape index (κ1) is 11.8. The van der Waals surface area contributed by atoms with Crippen LogP contribution in [0, 0.1) is 0 Å². The second-order valence-electron chi connectivity index (χ2n) is 4.03. The van der Waals surface area contributed by atoms with Crippen molar-refractivity contribution < 1.29 is 4.74 Å². The lowest BCUT2D eigenvalue weighted by molar-refractivity contribution is 0.415. The molecule has 3 rings (SSSR count). The van der Waals surface area contributed by atoms with Gasteiger partial charge >= 0.3 is 0 Å². The number of nitrogens with two attached hydrogens (primary N) is 1. The first-order valence-electron chi connectivity index (χ1n) is 5.63. The zero-order valence-corrected chi connectivity index (χ0v) is 10.9. The highest BCUT2D eigenvalue weighted by molar-refractivity contribution is 6.32. The lowest BCUT2D eigenvalue weighted by Gasteiger charge is -2.06. The van der Waals surface area contributed by atoms with Crippen molar-refractivity contribution in [1.29, 1.82) is 0 Å². The fraction of sp³-hybridized carbons (Fsp3) is 0.0769. The number of benzene rings is 1. The van der Waals surface area contributed by atoms with Crippen LogP contribution in [0.1, 0.15) is 0 Å². The van der Waals surface area contributed by atoms with Gasteiger partial charge in [-0.05, 0) is 29.7 Å². The van der Waals surface area contributed by atoms with Gasteiger partial charge in [0.2, 0.25) is 0 Å². The van der Waals surface area contributed by atoms with Gasteiger partial charge in [-0.25, -0.2) is 9.67 Å². The van der Waals surface area contributed by atoms with Crippen LogP contribution in [0.3, 0.4) is 0 Å². The molecule has 3 aromatic rings. The molecule has 0 spiro atoms. The molecule has 0 amide bonds. The van der Waals surface area contributed by atoms with Crippen LogP contribution in [0.5, 0.6) is 5.75 Å². The zero-order valence-electron chi connectivity index (χ0n) is 10.2. The second-order valence-corrected chi connectivity index (χ2v) is 4.44. The number of methoxy groups -OCH3 is 1. The molecule has 5 nitrogen and oxygen atoms in total. The molecule has 0 aliphatic rings. The van der Waals surface area contributed by atoms with Gasteiger partial charge < -0.3 is 10.5 Å². The van der Waals surface area contributed by atoms with Gasteiger partial charge in [-0.2, -0.15) is 0 Å². The van der Waals surface area contributed by atoms with Crippen LogP contribution in [0.2, 0.25) is 5.02 Å². The molecule has 0 bridgehead atoms. The van der Waals surface area contributed by atoms with E-state index < -0.39 is 0 Å². The van der Waals surface area contributed by atoms with Crippen molar-refractivity contribution in [2.45, 2.75) is 0 Å². The van der Waals surface area contributed by atoms with E-state index in [2.05, 4.69) is 10.1 Å². The smallest absolute Gasteiger partial charge is 0.164 e. The molecule has 0 atom stereocenters. The molecule has 0 fully saturated rings. The van der Waals surface area contributed by atoms with Gasteiger partial charge in [-0.3, -0.25) is 0 Å². The Morgan fingerprint density at radius 3 is 2.84 bits per heavy atom. The lowest BCUT2D eigenvalue weighted by Crippen LogP contribution is -2.00. The molecular formula is C13H11ClN4O. The van der Waals surface area contributed by atoms with Crippen LogP contribution in [0.4, 0.5) is 5.82 Å². The molecule has 2 N–H and O–H groups in total. The van der Waals surface area contributed by atoms with E-state index in [1.165, 1.54) is 0 Å². The first-order valence-corrected chi connectivity index (χ1v) is 6.00. The van der Waals surface area contributed by atoms with Crippen molar-refractivity contribution in [2.75, 3.05) is 12.8 Å². The van der Waals surface area contributed by atoms with Crippen LogP contribution in [0.25, 0.3) is 16.6 Å². The molecule has 6 heteroatoms. The van der Waals surface area contributed by atoms with Gasteiger partial charge in [0.1, 0.15) is 10.8 Å². The Kier molecular flexibility index (Phi) is 2.76. The van der Waals surface area contributed by atoms with E-state index in [0.717, 1.165) is 16.5 Å². The van der Waals surface area contributed by atoms with Crippen molar-refractivity contribution in [1.82, 2.24) is 14.8 Å². The molecular weight excluding hydrogens is 264 g/mol. The van der Waals surface area contributed by atoms with Crippen molar-refractivity contribution in [3.63, 3.8) is 0 Å². The van der Waals surface area contributed by atoms with E-state index in [9.17, 15) is 0 Å². The standard InChI is InChI=1S/C13H11ClN4O/c1-19-9-2-3-10-8(6-9)4-5-16-13(10)18-7-11(14)12(15)17-18/h2-7H,1H3,(H2,15,17). The number of hydrogen-bond donors (Lipinski definition) is 1. The average molecular weight is 275 g/mol. The number of halogens is 1. The monoisotopic (exact) mass is 274 g/mol. The number of hydrogen-bond acceptors (Lipinski definition) is 4. The summed E-state index contributed by atoms with van der Waals surface area (Å²) < 4.78 is 6.78. The Balaban J connectivity index is 2.24. The number of fused-ring (bicyclic) bond motifs is 1. The Bertz CT molecular complexity index is 734. The van der Waals surface area contributed by atoms with E-state index in [1.54, 1.807) is 24.2 Å². The van der Waals surface area contributed by atoms with Crippen LogP contribution in [-0.2, 0) is 0 Å². The minimum absolute atomic E-state index is 0.286. The summed E-state index contributed by atoms with van der Waals surface area (Å²) in [5, 5.41) is 6.51. The predicted octanol–water partition coefficient (Wildman–Crippen LogP) is 2.66. The van der Waals surface area contributed by atoms with Crippen LogP contribution < -0.4 is 10.5 Å². The normalized spacial score (nSPS) is 10.8. The summed E-state index contributed by atoms with van der Waals surface area (Å²) in [7, 11) is 1.64. The van der Waals surface area contributed by atoms with Crippen LogP contribution in [0.15, 0.2) is 36.7 Å². The summed E-state index contributed by atoms with van der Waals surface area (Å²) >= 11 is 5.92. The maximum atomic E-state index is 5.92. The molecule has 0 radical (unpaired) electrons. The molecule has 2 heterocycles. The summed E-state index contributed by atoms with van der Waals surface area (Å²) in [5.74, 6) is 1.76. The third-order valence-electron chi connectivity index (χ3n) is 2.86. The van der Waals surface area contributed by atoms with Gasteiger partial charge in [0, 0.05) is 11.6 Å². The zero-order chi connectivity index (χ0) is 13.4. The first-order chi connectivity index (χ1) is 9.19. The number of nitrogens with zero attached hydrogens (tertiary/aromatic N) is 3. The molecule has 19 heavy (non-hydrogen) atoms. The molecule has 0 saturated heterocycles. The number of nitrogen functional groups attached to an aromatic ring is 1. The fourth-order valence-corrected chi connectivity index (χ4v) is 2.05. The van der Waals surface area contributed by atoms with E-state index in [4.69, 9.17) is 22.1 Å². The minimum atomic E-state index is 0.286. The fourth-order valence-electron chi connectivity index (χ4n) is 1.92. The maximum absolute atomic E-state index is 5.92. The Hall–Kier alpha value is -2.27. The highest BCUT2D eigenvalue weighted by Crippen LogP contribution is 2.26.